The molecular formula is C25H32N2O5. The van der Waals surface area contributed by atoms with Gasteiger partial charge in [0, 0.05) is 25.3 Å². The minimum Gasteiger partial charge on any atom is -0.493 e. The van der Waals surface area contributed by atoms with Gasteiger partial charge in [0.1, 0.15) is 0 Å². The molecule has 0 radical (unpaired) electrons. The molecule has 0 saturated carbocycles. The highest BCUT2D eigenvalue weighted by Gasteiger charge is 2.42. The normalized spacial score (nSPS) is 19.4. The van der Waals surface area contributed by atoms with Crippen LogP contribution >= 0.6 is 0 Å². The molecule has 2 aromatic carbocycles. The Hall–Kier alpha value is -3.06. The van der Waals surface area contributed by atoms with Gasteiger partial charge in [-0.25, -0.2) is 0 Å². The van der Waals surface area contributed by atoms with Crippen molar-refractivity contribution in [3.05, 3.63) is 53.6 Å². The second-order valence-corrected chi connectivity index (χ2v) is 8.17. The van der Waals surface area contributed by atoms with Crippen molar-refractivity contribution in [1.82, 2.24) is 5.32 Å². The van der Waals surface area contributed by atoms with Crippen molar-refractivity contribution in [2.75, 3.05) is 32.8 Å². The highest BCUT2D eigenvalue weighted by atomic mass is 16.5. The van der Waals surface area contributed by atoms with E-state index >= 15 is 0 Å². The zero-order valence-corrected chi connectivity index (χ0v) is 19.4. The van der Waals surface area contributed by atoms with Gasteiger partial charge >= 0.3 is 0 Å². The monoisotopic (exact) mass is 440 g/mol. The predicted molar refractivity (Wildman–Crippen MR) is 123 cm³/mol. The van der Waals surface area contributed by atoms with Crippen LogP contribution in [0.2, 0.25) is 0 Å². The maximum Gasteiger partial charge on any atom is 0.227 e. The van der Waals surface area contributed by atoms with Gasteiger partial charge in [0.25, 0.3) is 0 Å². The third-order valence-electron chi connectivity index (χ3n) is 5.80. The zero-order chi connectivity index (χ0) is 23.3. The van der Waals surface area contributed by atoms with Crippen LogP contribution in [0.5, 0.6) is 11.5 Å². The largest absolute Gasteiger partial charge is 0.493 e. The quantitative estimate of drug-likeness (QED) is 0.678. The molecule has 0 bridgehead atoms. The first-order valence-corrected chi connectivity index (χ1v) is 10.8. The summed E-state index contributed by atoms with van der Waals surface area (Å²) in [6.45, 7) is 4.32. The van der Waals surface area contributed by atoms with E-state index in [1.807, 2.05) is 56.3 Å². The number of amides is 2. The standard InChI is InChI=1S/C25H32N2O5/c1-16-6-9-19(10-7-16)27-23(28)13-11-20(25(29)26-17(2)15-30-3)24(27)18-8-12-21(31-4)22(14-18)32-5/h6-10,12,14,17,20,24H,11,13,15H2,1-5H3,(H,26,29). The molecule has 2 aromatic rings. The van der Waals surface area contributed by atoms with Gasteiger partial charge in [0.05, 0.1) is 32.8 Å². The van der Waals surface area contributed by atoms with Gasteiger partial charge < -0.3 is 24.4 Å². The molecule has 0 aromatic heterocycles. The smallest absolute Gasteiger partial charge is 0.227 e. The van der Waals surface area contributed by atoms with Crippen molar-refractivity contribution in [3.8, 4) is 11.5 Å². The molecule has 1 heterocycles. The molecule has 7 heteroatoms. The first-order chi connectivity index (χ1) is 15.4. The third-order valence-corrected chi connectivity index (χ3v) is 5.80. The van der Waals surface area contributed by atoms with Crippen molar-refractivity contribution < 1.29 is 23.8 Å². The van der Waals surface area contributed by atoms with E-state index in [1.54, 1.807) is 26.2 Å². The van der Waals surface area contributed by atoms with E-state index in [-0.39, 0.29) is 17.9 Å². The number of nitrogens with zero attached hydrogens (tertiary/aromatic N) is 1. The fraction of sp³-hybridized carbons (Fsp3) is 0.440. The van der Waals surface area contributed by atoms with Crippen LogP contribution in [0, 0.1) is 12.8 Å². The van der Waals surface area contributed by atoms with E-state index in [2.05, 4.69) is 5.32 Å². The molecule has 0 aliphatic carbocycles. The van der Waals surface area contributed by atoms with Crippen molar-refractivity contribution in [3.63, 3.8) is 0 Å². The number of piperidine rings is 1. The number of nitrogens with one attached hydrogen (secondary N) is 1. The van der Waals surface area contributed by atoms with Gasteiger partial charge in [-0.05, 0) is 50.1 Å². The SMILES string of the molecule is COCC(C)NC(=O)C1CCC(=O)N(c2ccc(C)cc2)C1c1ccc(OC)c(OC)c1. The van der Waals surface area contributed by atoms with E-state index in [0.717, 1.165) is 16.8 Å². The summed E-state index contributed by atoms with van der Waals surface area (Å²) in [6.07, 6.45) is 0.764. The number of rotatable bonds is 8. The van der Waals surface area contributed by atoms with Crippen LogP contribution in [-0.4, -0.2) is 45.8 Å². The molecule has 2 amide bonds. The lowest BCUT2D eigenvalue weighted by Crippen LogP contribution is -2.50. The molecule has 1 aliphatic rings. The van der Waals surface area contributed by atoms with E-state index in [4.69, 9.17) is 14.2 Å². The molecule has 3 rings (SSSR count). The second-order valence-electron chi connectivity index (χ2n) is 8.17. The number of carbonyl (C=O) groups excluding carboxylic acids is 2. The average Bonchev–Trinajstić information content (AvgIpc) is 2.79. The molecule has 3 atom stereocenters. The molecular weight excluding hydrogens is 408 g/mol. The molecule has 32 heavy (non-hydrogen) atoms. The summed E-state index contributed by atoms with van der Waals surface area (Å²) < 4.78 is 16.0. The number of carbonyl (C=O) groups is 2. The number of aryl methyl sites for hydroxylation is 1. The van der Waals surface area contributed by atoms with Gasteiger partial charge in [-0.2, -0.15) is 0 Å². The fourth-order valence-electron chi connectivity index (χ4n) is 4.24. The summed E-state index contributed by atoms with van der Waals surface area (Å²) in [5.74, 6) is 0.613. The molecule has 1 fully saturated rings. The van der Waals surface area contributed by atoms with Crippen LogP contribution in [0.4, 0.5) is 5.69 Å². The molecule has 1 N–H and O–H groups in total. The van der Waals surface area contributed by atoms with Crippen LogP contribution in [0.15, 0.2) is 42.5 Å². The van der Waals surface area contributed by atoms with Gasteiger partial charge in [0.2, 0.25) is 11.8 Å². The summed E-state index contributed by atoms with van der Waals surface area (Å²) in [6, 6.07) is 12.7. The Morgan fingerprint density at radius 3 is 2.41 bits per heavy atom. The van der Waals surface area contributed by atoms with E-state index in [0.29, 0.717) is 30.9 Å². The molecule has 7 nitrogen and oxygen atoms in total. The van der Waals surface area contributed by atoms with E-state index in [1.165, 1.54) is 0 Å². The number of methoxy groups -OCH3 is 3. The number of ether oxygens (including phenoxy) is 3. The summed E-state index contributed by atoms with van der Waals surface area (Å²) in [5.41, 5.74) is 2.68. The maximum atomic E-state index is 13.3. The topological polar surface area (TPSA) is 77.1 Å². The highest BCUT2D eigenvalue weighted by molar-refractivity contribution is 5.97. The molecule has 172 valence electrons. The predicted octanol–water partition coefficient (Wildman–Crippen LogP) is 3.65. The molecule has 1 aliphatic heterocycles. The highest BCUT2D eigenvalue weighted by Crippen LogP contribution is 2.42. The Morgan fingerprint density at radius 2 is 1.78 bits per heavy atom. The van der Waals surface area contributed by atoms with Crippen molar-refractivity contribution in [2.24, 2.45) is 5.92 Å². The Bertz CT molecular complexity index is 944. The first-order valence-electron chi connectivity index (χ1n) is 10.8. The summed E-state index contributed by atoms with van der Waals surface area (Å²) in [4.78, 5) is 28.2. The minimum absolute atomic E-state index is 0.0115. The lowest BCUT2D eigenvalue weighted by Gasteiger charge is -2.41. The van der Waals surface area contributed by atoms with Gasteiger partial charge in [-0.15, -0.1) is 0 Å². The van der Waals surface area contributed by atoms with Crippen LogP contribution in [0.3, 0.4) is 0 Å². The van der Waals surface area contributed by atoms with Crippen molar-refractivity contribution in [2.45, 2.75) is 38.8 Å². The zero-order valence-electron chi connectivity index (χ0n) is 19.4. The van der Waals surface area contributed by atoms with Crippen LogP contribution in [-0.2, 0) is 14.3 Å². The lowest BCUT2D eigenvalue weighted by atomic mass is 9.82. The van der Waals surface area contributed by atoms with E-state index < -0.39 is 12.0 Å². The molecule has 1 saturated heterocycles. The Morgan fingerprint density at radius 1 is 1.09 bits per heavy atom. The van der Waals surface area contributed by atoms with E-state index in [9.17, 15) is 9.59 Å². The van der Waals surface area contributed by atoms with Crippen LogP contribution in [0.25, 0.3) is 0 Å². The maximum absolute atomic E-state index is 13.3. The van der Waals surface area contributed by atoms with Crippen LogP contribution in [0.1, 0.15) is 36.9 Å². The van der Waals surface area contributed by atoms with Gasteiger partial charge in [0.15, 0.2) is 11.5 Å². The summed E-state index contributed by atoms with van der Waals surface area (Å²) >= 11 is 0. The van der Waals surface area contributed by atoms with Crippen molar-refractivity contribution in [1.29, 1.82) is 0 Å². The number of anilines is 1. The fourth-order valence-corrected chi connectivity index (χ4v) is 4.24. The molecule has 3 unspecified atom stereocenters. The second kappa shape index (κ2) is 10.5. The molecule has 0 spiro atoms. The van der Waals surface area contributed by atoms with Gasteiger partial charge in [-0.3, -0.25) is 9.59 Å². The lowest BCUT2D eigenvalue weighted by molar-refractivity contribution is -0.130. The van der Waals surface area contributed by atoms with Gasteiger partial charge in [-0.1, -0.05) is 23.8 Å². The number of hydrogen-bond donors (Lipinski definition) is 1. The number of hydrogen-bond acceptors (Lipinski definition) is 5. The third kappa shape index (κ3) is 5.05. The van der Waals surface area contributed by atoms with Crippen LogP contribution < -0.4 is 19.7 Å². The number of benzene rings is 2. The first kappa shape index (κ1) is 23.6. The Kier molecular flexibility index (Phi) is 7.75. The average molecular weight is 441 g/mol. The van der Waals surface area contributed by atoms with Crippen molar-refractivity contribution >= 4 is 17.5 Å². The Labute approximate surface area is 189 Å². The summed E-state index contributed by atoms with van der Waals surface area (Å²) in [7, 11) is 4.75. The summed E-state index contributed by atoms with van der Waals surface area (Å²) in [5, 5.41) is 3.04. The minimum atomic E-state index is -0.478. The Balaban J connectivity index is 2.07.